The van der Waals surface area contributed by atoms with Gasteiger partial charge in [-0.25, -0.2) is 9.07 Å². The number of piperidine rings is 1. The minimum absolute atomic E-state index is 0. The molecule has 0 spiro atoms. The summed E-state index contributed by atoms with van der Waals surface area (Å²) in [6, 6.07) is 7.63. The molecule has 2 aliphatic rings. The van der Waals surface area contributed by atoms with E-state index in [0.29, 0.717) is 18.5 Å². The lowest BCUT2D eigenvalue weighted by Gasteiger charge is -2.29. The van der Waals surface area contributed by atoms with Gasteiger partial charge in [0.15, 0.2) is 0 Å². The fourth-order valence-electron chi connectivity index (χ4n) is 4.38. The summed E-state index contributed by atoms with van der Waals surface area (Å²) in [5.74, 6) is -0.216. The number of rotatable bonds is 4. The third-order valence-electron chi connectivity index (χ3n) is 5.69. The quantitative estimate of drug-likeness (QED) is 0.840. The minimum Gasteiger partial charge on any atom is -0.353 e. The number of nitrogens with one attached hydrogen (secondary N) is 2. The molecule has 4 rings (SSSR count). The van der Waals surface area contributed by atoms with E-state index < -0.39 is 0 Å². The van der Waals surface area contributed by atoms with Gasteiger partial charge in [0.05, 0.1) is 17.8 Å². The molecule has 0 saturated carbocycles. The van der Waals surface area contributed by atoms with Gasteiger partial charge in [0.2, 0.25) is 5.91 Å². The van der Waals surface area contributed by atoms with Crippen molar-refractivity contribution in [2.45, 2.75) is 64.1 Å². The van der Waals surface area contributed by atoms with Gasteiger partial charge in [-0.2, -0.15) is 5.10 Å². The molecule has 2 atom stereocenters. The van der Waals surface area contributed by atoms with Gasteiger partial charge in [0.25, 0.3) is 0 Å². The largest absolute Gasteiger partial charge is 0.353 e. The number of amides is 1. The highest BCUT2D eigenvalue weighted by Gasteiger charge is 2.34. The van der Waals surface area contributed by atoms with E-state index in [4.69, 9.17) is 0 Å². The fourth-order valence-corrected chi connectivity index (χ4v) is 4.38. The van der Waals surface area contributed by atoms with Crippen molar-refractivity contribution in [3.05, 3.63) is 47.0 Å². The van der Waals surface area contributed by atoms with Crippen LogP contribution in [-0.2, 0) is 11.2 Å². The topological polar surface area (TPSA) is 59.0 Å². The van der Waals surface area contributed by atoms with Gasteiger partial charge in [0, 0.05) is 29.4 Å². The van der Waals surface area contributed by atoms with Gasteiger partial charge in [-0.15, -0.1) is 12.4 Å². The number of carbonyl (C=O) groups is 1. The van der Waals surface area contributed by atoms with Gasteiger partial charge in [-0.1, -0.05) is 0 Å². The van der Waals surface area contributed by atoms with Crippen LogP contribution in [0.15, 0.2) is 24.3 Å². The zero-order chi connectivity index (χ0) is 18.3. The third kappa shape index (κ3) is 4.17. The molecule has 2 saturated heterocycles. The van der Waals surface area contributed by atoms with Crippen molar-refractivity contribution in [1.29, 1.82) is 0 Å². The Morgan fingerprint density at radius 2 is 1.85 bits per heavy atom. The van der Waals surface area contributed by atoms with Crippen molar-refractivity contribution in [2.75, 3.05) is 0 Å². The van der Waals surface area contributed by atoms with Crippen LogP contribution < -0.4 is 10.6 Å². The molecule has 7 heteroatoms. The summed E-state index contributed by atoms with van der Waals surface area (Å²) in [4.78, 5) is 12.6. The van der Waals surface area contributed by atoms with Crippen LogP contribution in [0.25, 0.3) is 5.69 Å². The zero-order valence-electron chi connectivity index (χ0n) is 15.7. The Morgan fingerprint density at radius 1 is 1.22 bits per heavy atom. The number of benzene rings is 1. The highest BCUT2D eigenvalue weighted by molar-refractivity contribution is 5.85. The first-order chi connectivity index (χ1) is 12.5. The monoisotopic (exact) mass is 392 g/mol. The molecule has 1 amide bonds. The summed E-state index contributed by atoms with van der Waals surface area (Å²) in [6.45, 7) is 3.87. The standard InChI is InChI=1S/C20H25FN4O.ClH/c1-12-19(13(2)25(24-12)18-7-3-14(21)4-8-18)11-20(26)23-17-9-15-5-6-16(10-17)22-15;/h3-4,7-8,15-17,22H,5-6,9-11H2,1-2H3,(H,23,26);1H. The second-order valence-electron chi connectivity index (χ2n) is 7.59. The van der Waals surface area contributed by atoms with E-state index in [2.05, 4.69) is 15.7 Å². The van der Waals surface area contributed by atoms with Crippen molar-refractivity contribution in [2.24, 2.45) is 0 Å². The molecule has 0 aliphatic carbocycles. The average Bonchev–Trinajstić information content (AvgIpc) is 3.09. The molecule has 5 nitrogen and oxygen atoms in total. The molecule has 2 fully saturated rings. The summed E-state index contributed by atoms with van der Waals surface area (Å²) in [6.07, 6.45) is 4.82. The lowest BCUT2D eigenvalue weighted by molar-refractivity contribution is -0.121. The van der Waals surface area contributed by atoms with Crippen LogP contribution >= 0.6 is 12.4 Å². The molecule has 1 aromatic heterocycles. The maximum Gasteiger partial charge on any atom is 0.224 e. The van der Waals surface area contributed by atoms with Gasteiger partial charge in [-0.05, 0) is 63.8 Å². The van der Waals surface area contributed by atoms with Gasteiger partial charge in [0.1, 0.15) is 5.82 Å². The van der Waals surface area contributed by atoms with Crippen molar-refractivity contribution >= 4 is 18.3 Å². The number of aromatic nitrogens is 2. The summed E-state index contributed by atoms with van der Waals surface area (Å²) in [7, 11) is 0. The van der Waals surface area contributed by atoms with E-state index >= 15 is 0 Å². The smallest absolute Gasteiger partial charge is 0.224 e. The first-order valence-electron chi connectivity index (χ1n) is 9.36. The predicted molar refractivity (Wildman–Crippen MR) is 105 cm³/mol. The molecule has 2 N–H and O–H groups in total. The Labute approximate surface area is 165 Å². The highest BCUT2D eigenvalue weighted by Crippen LogP contribution is 2.27. The van der Waals surface area contributed by atoms with E-state index in [1.54, 1.807) is 16.8 Å². The number of fused-ring (bicyclic) bond motifs is 2. The predicted octanol–water partition coefficient (Wildman–Crippen LogP) is 2.99. The minimum atomic E-state index is -0.272. The third-order valence-corrected chi connectivity index (χ3v) is 5.69. The number of hydrogen-bond acceptors (Lipinski definition) is 3. The number of aryl methyl sites for hydroxylation is 1. The second kappa shape index (κ2) is 7.98. The summed E-state index contributed by atoms with van der Waals surface area (Å²) < 4.78 is 14.9. The number of carbonyl (C=O) groups excluding carboxylic acids is 1. The van der Waals surface area contributed by atoms with Gasteiger partial charge < -0.3 is 10.6 Å². The molecule has 1 aromatic carbocycles. The molecule has 27 heavy (non-hydrogen) atoms. The molecule has 2 aromatic rings. The Hall–Kier alpha value is -1.92. The van der Waals surface area contributed by atoms with E-state index in [-0.39, 0.29) is 30.2 Å². The summed E-state index contributed by atoms with van der Waals surface area (Å²) >= 11 is 0. The second-order valence-corrected chi connectivity index (χ2v) is 7.59. The van der Waals surface area contributed by atoms with Crippen molar-refractivity contribution in [3.8, 4) is 5.69 Å². The number of hydrogen-bond donors (Lipinski definition) is 2. The van der Waals surface area contributed by atoms with Crippen molar-refractivity contribution in [3.63, 3.8) is 0 Å². The highest BCUT2D eigenvalue weighted by atomic mass is 35.5. The first-order valence-corrected chi connectivity index (χ1v) is 9.36. The van der Waals surface area contributed by atoms with Gasteiger partial charge in [-0.3, -0.25) is 4.79 Å². The summed E-state index contributed by atoms with van der Waals surface area (Å²) in [5.41, 5.74) is 3.51. The Morgan fingerprint density at radius 3 is 2.48 bits per heavy atom. The van der Waals surface area contributed by atoms with Crippen LogP contribution in [0.1, 0.15) is 42.6 Å². The van der Waals surface area contributed by atoms with E-state index in [1.807, 2.05) is 13.8 Å². The van der Waals surface area contributed by atoms with Crippen molar-refractivity contribution in [1.82, 2.24) is 20.4 Å². The molecule has 0 radical (unpaired) electrons. The summed E-state index contributed by atoms with van der Waals surface area (Å²) in [5, 5.41) is 11.4. The molecule has 2 unspecified atom stereocenters. The molecular weight excluding hydrogens is 367 g/mol. The van der Waals surface area contributed by atoms with E-state index in [0.717, 1.165) is 35.5 Å². The van der Waals surface area contributed by atoms with Crippen LogP contribution in [0.3, 0.4) is 0 Å². The molecule has 3 heterocycles. The first kappa shape index (κ1) is 19.8. The average molecular weight is 393 g/mol. The molecule has 146 valence electrons. The van der Waals surface area contributed by atoms with Crippen LogP contribution in [-0.4, -0.2) is 33.8 Å². The van der Waals surface area contributed by atoms with Crippen LogP contribution in [0.2, 0.25) is 0 Å². The Balaban J connectivity index is 0.00000210. The molecule has 2 bridgehead atoms. The van der Waals surface area contributed by atoms with E-state index in [9.17, 15) is 9.18 Å². The molecule has 2 aliphatic heterocycles. The number of halogens is 2. The fraction of sp³-hybridized carbons (Fsp3) is 0.500. The zero-order valence-corrected chi connectivity index (χ0v) is 16.5. The Kier molecular flexibility index (Phi) is 5.86. The van der Waals surface area contributed by atoms with Gasteiger partial charge >= 0.3 is 0 Å². The lowest BCUT2D eigenvalue weighted by atomic mass is 9.99. The van der Waals surface area contributed by atoms with Crippen LogP contribution in [0.4, 0.5) is 4.39 Å². The Bertz CT molecular complexity index is 808. The maximum atomic E-state index is 13.2. The van der Waals surface area contributed by atoms with Crippen molar-refractivity contribution < 1.29 is 9.18 Å². The number of nitrogens with zero attached hydrogens (tertiary/aromatic N) is 2. The van der Waals surface area contributed by atoms with Crippen LogP contribution in [0.5, 0.6) is 0 Å². The van der Waals surface area contributed by atoms with Crippen LogP contribution in [0, 0.1) is 19.7 Å². The van der Waals surface area contributed by atoms with E-state index in [1.165, 1.54) is 25.0 Å². The lowest BCUT2D eigenvalue weighted by Crippen LogP contribution is -2.48. The maximum absolute atomic E-state index is 13.2. The normalized spacial score (nSPS) is 23.7. The molecular formula is C20H26ClFN4O. The SMILES string of the molecule is Cc1nn(-c2ccc(F)cc2)c(C)c1CC(=O)NC1CC2CCC(C1)N2.Cl.